The largest absolute Gasteiger partial charge is 0.383 e. The first kappa shape index (κ1) is 12.3. The number of aromatic nitrogens is 4. The van der Waals surface area contributed by atoms with Crippen molar-refractivity contribution in [3.63, 3.8) is 0 Å². The monoisotopic (exact) mass is 343 g/mol. The van der Waals surface area contributed by atoms with E-state index in [1.54, 1.807) is 12.4 Å². The van der Waals surface area contributed by atoms with Gasteiger partial charge < -0.3 is 10.7 Å². The number of nitrogens with two attached hydrogens (primary N) is 1. The third-order valence-corrected chi connectivity index (χ3v) is 3.43. The standard InChI is InChI=1S/C11H14IN5/c1-6(2)5-7-8(12)9(13)17-11(16-7)10-14-3-4-15-10/h3-4,6H,5H2,1-2H3,(H,14,15)(H2,13,16,17). The van der Waals surface area contributed by atoms with E-state index in [9.17, 15) is 0 Å². The van der Waals surface area contributed by atoms with Gasteiger partial charge in [0.25, 0.3) is 0 Å². The Labute approximate surface area is 113 Å². The smallest absolute Gasteiger partial charge is 0.197 e. The van der Waals surface area contributed by atoms with Crippen molar-refractivity contribution < 1.29 is 0 Å². The zero-order valence-electron chi connectivity index (χ0n) is 9.74. The van der Waals surface area contributed by atoms with Gasteiger partial charge in [-0.25, -0.2) is 15.0 Å². The van der Waals surface area contributed by atoms with Crippen LogP contribution in [0.1, 0.15) is 19.5 Å². The minimum absolute atomic E-state index is 0.516. The molecule has 0 aliphatic carbocycles. The second-order valence-corrected chi connectivity index (χ2v) is 5.31. The Bertz CT molecular complexity index is 507. The van der Waals surface area contributed by atoms with Gasteiger partial charge in [-0.05, 0) is 34.9 Å². The lowest BCUT2D eigenvalue weighted by Crippen LogP contribution is -2.08. The molecule has 0 bridgehead atoms. The van der Waals surface area contributed by atoms with Crippen LogP contribution in [0.4, 0.5) is 5.82 Å². The van der Waals surface area contributed by atoms with Gasteiger partial charge in [0.05, 0.1) is 9.26 Å². The van der Waals surface area contributed by atoms with Gasteiger partial charge in [0, 0.05) is 12.4 Å². The molecule has 0 saturated heterocycles. The van der Waals surface area contributed by atoms with Gasteiger partial charge in [0.2, 0.25) is 0 Å². The average Bonchev–Trinajstić information content (AvgIpc) is 2.77. The van der Waals surface area contributed by atoms with Crippen LogP contribution in [-0.4, -0.2) is 19.9 Å². The summed E-state index contributed by atoms with van der Waals surface area (Å²) < 4.78 is 0.937. The van der Waals surface area contributed by atoms with E-state index in [0.29, 0.717) is 23.4 Å². The molecule has 3 N–H and O–H groups in total. The fourth-order valence-corrected chi connectivity index (χ4v) is 1.99. The van der Waals surface area contributed by atoms with E-state index in [0.717, 1.165) is 15.7 Å². The van der Waals surface area contributed by atoms with E-state index in [-0.39, 0.29) is 0 Å². The van der Waals surface area contributed by atoms with Crippen LogP contribution >= 0.6 is 22.6 Å². The second kappa shape index (κ2) is 4.99. The number of halogens is 1. The highest BCUT2D eigenvalue weighted by atomic mass is 127. The van der Waals surface area contributed by atoms with Crippen molar-refractivity contribution in [2.24, 2.45) is 5.92 Å². The quantitative estimate of drug-likeness (QED) is 0.838. The summed E-state index contributed by atoms with van der Waals surface area (Å²) in [6, 6.07) is 0. The number of aromatic amines is 1. The van der Waals surface area contributed by atoms with Gasteiger partial charge in [0.15, 0.2) is 11.6 Å². The van der Waals surface area contributed by atoms with Gasteiger partial charge in [-0.15, -0.1) is 0 Å². The molecule has 0 atom stereocenters. The van der Waals surface area contributed by atoms with Crippen LogP contribution in [0.25, 0.3) is 11.6 Å². The molecule has 6 heteroatoms. The molecule has 0 radical (unpaired) electrons. The highest BCUT2D eigenvalue weighted by molar-refractivity contribution is 14.1. The molecule has 0 fully saturated rings. The molecule has 0 spiro atoms. The summed E-state index contributed by atoms with van der Waals surface area (Å²) in [5.41, 5.74) is 6.89. The van der Waals surface area contributed by atoms with E-state index < -0.39 is 0 Å². The maximum atomic E-state index is 5.90. The molecule has 0 aliphatic heterocycles. The minimum atomic E-state index is 0.516. The first-order chi connectivity index (χ1) is 8.08. The predicted octanol–water partition coefficient (Wildman–Crippen LogP) is 2.25. The third-order valence-electron chi connectivity index (χ3n) is 2.26. The zero-order valence-corrected chi connectivity index (χ0v) is 11.9. The molecular formula is C11H14IN5. The molecule has 2 aromatic rings. The highest BCUT2D eigenvalue weighted by Gasteiger charge is 2.13. The number of hydrogen-bond donors (Lipinski definition) is 2. The van der Waals surface area contributed by atoms with Gasteiger partial charge in [-0.2, -0.15) is 0 Å². The normalized spacial score (nSPS) is 11.1. The summed E-state index contributed by atoms with van der Waals surface area (Å²) in [6.45, 7) is 4.31. The lowest BCUT2D eigenvalue weighted by atomic mass is 10.1. The van der Waals surface area contributed by atoms with Crippen molar-refractivity contribution in [3.05, 3.63) is 21.7 Å². The Hall–Kier alpha value is -1.18. The van der Waals surface area contributed by atoms with Crippen LogP contribution < -0.4 is 5.73 Å². The summed E-state index contributed by atoms with van der Waals surface area (Å²) in [5.74, 6) is 2.26. The molecule has 0 saturated carbocycles. The van der Waals surface area contributed by atoms with Crippen molar-refractivity contribution in [1.82, 2.24) is 19.9 Å². The zero-order chi connectivity index (χ0) is 12.4. The molecule has 0 aliphatic rings. The molecular weight excluding hydrogens is 329 g/mol. The molecule has 2 aromatic heterocycles. The van der Waals surface area contributed by atoms with Crippen LogP contribution in [-0.2, 0) is 6.42 Å². The van der Waals surface area contributed by atoms with Crippen molar-refractivity contribution in [1.29, 1.82) is 0 Å². The number of nitrogens with zero attached hydrogens (tertiary/aromatic N) is 3. The highest BCUT2D eigenvalue weighted by Crippen LogP contribution is 2.22. The first-order valence-electron chi connectivity index (χ1n) is 5.39. The lowest BCUT2D eigenvalue weighted by molar-refractivity contribution is 0.632. The fourth-order valence-electron chi connectivity index (χ4n) is 1.53. The van der Waals surface area contributed by atoms with Gasteiger partial charge >= 0.3 is 0 Å². The van der Waals surface area contributed by atoms with Gasteiger partial charge in [-0.3, -0.25) is 0 Å². The lowest BCUT2D eigenvalue weighted by Gasteiger charge is -2.09. The summed E-state index contributed by atoms with van der Waals surface area (Å²) in [4.78, 5) is 15.9. The Morgan fingerprint density at radius 3 is 2.76 bits per heavy atom. The molecule has 2 heterocycles. The molecule has 0 amide bonds. The van der Waals surface area contributed by atoms with E-state index in [1.807, 2.05) is 0 Å². The molecule has 0 aromatic carbocycles. The Morgan fingerprint density at radius 2 is 2.18 bits per heavy atom. The topological polar surface area (TPSA) is 80.5 Å². The number of H-pyrrole nitrogens is 1. The van der Waals surface area contributed by atoms with Crippen LogP contribution in [0.15, 0.2) is 12.4 Å². The minimum Gasteiger partial charge on any atom is -0.383 e. The predicted molar refractivity (Wildman–Crippen MR) is 75.3 cm³/mol. The number of anilines is 1. The Morgan fingerprint density at radius 1 is 1.41 bits per heavy atom. The average molecular weight is 343 g/mol. The van der Waals surface area contributed by atoms with Crippen molar-refractivity contribution in [2.45, 2.75) is 20.3 Å². The van der Waals surface area contributed by atoms with Crippen molar-refractivity contribution in [3.8, 4) is 11.6 Å². The van der Waals surface area contributed by atoms with E-state index >= 15 is 0 Å². The number of nitrogen functional groups attached to an aromatic ring is 1. The maximum Gasteiger partial charge on any atom is 0.197 e. The summed E-state index contributed by atoms with van der Waals surface area (Å²) in [7, 11) is 0. The van der Waals surface area contributed by atoms with Gasteiger partial charge in [0.1, 0.15) is 5.82 Å². The number of imidazole rings is 1. The number of hydrogen-bond acceptors (Lipinski definition) is 4. The maximum absolute atomic E-state index is 5.90. The molecule has 17 heavy (non-hydrogen) atoms. The summed E-state index contributed by atoms with van der Waals surface area (Å²) >= 11 is 2.19. The summed E-state index contributed by atoms with van der Waals surface area (Å²) in [6.07, 6.45) is 4.31. The Balaban J connectivity index is 2.46. The Kier molecular flexibility index (Phi) is 3.60. The van der Waals surface area contributed by atoms with Crippen LogP contribution in [0.5, 0.6) is 0 Å². The fraction of sp³-hybridized carbons (Fsp3) is 0.364. The number of nitrogens with one attached hydrogen (secondary N) is 1. The number of rotatable bonds is 3. The molecule has 90 valence electrons. The second-order valence-electron chi connectivity index (χ2n) is 4.23. The van der Waals surface area contributed by atoms with Crippen molar-refractivity contribution in [2.75, 3.05) is 5.73 Å². The van der Waals surface area contributed by atoms with E-state index in [1.165, 1.54) is 0 Å². The first-order valence-corrected chi connectivity index (χ1v) is 6.47. The van der Waals surface area contributed by atoms with Crippen molar-refractivity contribution >= 4 is 28.4 Å². The SMILES string of the molecule is CC(C)Cc1nc(-c2ncc[nH]2)nc(N)c1I. The van der Waals surface area contributed by atoms with Crippen LogP contribution in [0.3, 0.4) is 0 Å². The molecule has 5 nitrogen and oxygen atoms in total. The van der Waals surface area contributed by atoms with Crippen LogP contribution in [0, 0.1) is 9.49 Å². The van der Waals surface area contributed by atoms with Crippen LogP contribution in [0.2, 0.25) is 0 Å². The molecule has 0 unspecified atom stereocenters. The van der Waals surface area contributed by atoms with E-state index in [2.05, 4.69) is 56.4 Å². The van der Waals surface area contributed by atoms with E-state index in [4.69, 9.17) is 5.73 Å². The summed E-state index contributed by atoms with van der Waals surface area (Å²) in [5, 5.41) is 0. The molecule has 2 rings (SSSR count). The van der Waals surface area contributed by atoms with Gasteiger partial charge in [-0.1, -0.05) is 13.8 Å². The third kappa shape index (κ3) is 2.74.